The first-order valence-corrected chi connectivity index (χ1v) is 7.91. The van der Waals surface area contributed by atoms with Gasteiger partial charge in [0.1, 0.15) is 11.6 Å². The van der Waals surface area contributed by atoms with Gasteiger partial charge in [-0.1, -0.05) is 0 Å². The van der Waals surface area contributed by atoms with Crippen LogP contribution in [-0.4, -0.2) is 36.5 Å². The van der Waals surface area contributed by atoms with Crippen LogP contribution in [0.15, 0.2) is 22.7 Å². The molecule has 1 amide bonds. The SMILES string of the molecule is CC(Oc1ccc(F)cc1Br)C(=O)N1CCC(CN)CC1. The van der Waals surface area contributed by atoms with Gasteiger partial charge in [0.15, 0.2) is 6.10 Å². The van der Waals surface area contributed by atoms with Gasteiger partial charge >= 0.3 is 0 Å². The molecule has 2 rings (SSSR count). The molecule has 0 bridgehead atoms. The quantitative estimate of drug-likeness (QED) is 0.899. The minimum Gasteiger partial charge on any atom is -0.480 e. The first-order chi connectivity index (χ1) is 10.0. The number of carbonyl (C=O) groups excluding carboxylic acids is 1. The minimum atomic E-state index is -0.596. The van der Waals surface area contributed by atoms with Gasteiger partial charge in [0, 0.05) is 13.1 Å². The monoisotopic (exact) mass is 358 g/mol. The lowest BCUT2D eigenvalue weighted by atomic mass is 9.97. The number of halogens is 2. The van der Waals surface area contributed by atoms with Gasteiger partial charge in [-0.25, -0.2) is 4.39 Å². The highest BCUT2D eigenvalue weighted by Crippen LogP contribution is 2.27. The topological polar surface area (TPSA) is 55.6 Å². The molecule has 1 aromatic carbocycles. The molecule has 1 heterocycles. The van der Waals surface area contributed by atoms with E-state index in [0.29, 0.717) is 22.7 Å². The van der Waals surface area contributed by atoms with Crippen molar-refractivity contribution in [1.29, 1.82) is 0 Å². The lowest BCUT2D eigenvalue weighted by Gasteiger charge is -2.33. The molecule has 21 heavy (non-hydrogen) atoms. The zero-order valence-corrected chi connectivity index (χ0v) is 13.6. The molecule has 0 aliphatic carbocycles. The molecule has 1 fully saturated rings. The van der Waals surface area contributed by atoms with Crippen molar-refractivity contribution in [1.82, 2.24) is 4.90 Å². The van der Waals surface area contributed by atoms with Crippen LogP contribution in [-0.2, 0) is 4.79 Å². The highest BCUT2D eigenvalue weighted by molar-refractivity contribution is 9.10. The van der Waals surface area contributed by atoms with Gasteiger partial charge in [-0.3, -0.25) is 4.79 Å². The summed E-state index contributed by atoms with van der Waals surface area (Å²) in [7, 11) is 0. The summed E-state index contributed by atoms with van der Waals surface area (Å²) in [5, 5.41) is 0. The molecule has 1 atom stereocenters. The summed E-state index contributed by atoms with van der Waals surface area (Å²) in [6.45, 7) is 3.84. The van der Waals surface area contributed by atoms with Gasteiger partial charge in [0.25, 0.3) is 5.91 Å². The lowest BCUT2D eigenvalue weighted by molar-refractivity contribution is -0.139. The minimum absolute atomic E-state index is 0.0401. The fourth-order valence-corrected chi connectivity index (χ4v) is 2.90. The van der Waals surface area contributed by atoms with E-state index >= 15 is 0 Å². The molecule has 1 aliphatic rings. The van der Waals surface area contributed by atoms with Crippen molar-refractivity contribution >= 4 is 21.8 Å². The average Bonchev–Trinajstić information content (AvgIpc) is 2.49. The number of amides is 1. The number of hydrogen-bond donors (Lipinski definition) is 1. The number of piperidine rings is 1. The van der Waals surface area contributed by atoms with Crippen LogP contribution in [0.2, 0.25) is 0 Å². The van der Waals surface area contributed by atoms with Crippen molar-refractivity contribution in [3.63, 3.8) is 0 Å². The maximum Gasteiger partial charge on any atom is 0.263 e. The van der Waals surface area contributed by atoms with Crippen molar-refractivity contribution in [3.05, 3.63) is 28.5 Å². The molecule has 1 aliphatic heterocycles. The van der Waals surface area contributed by atoms with Crippen molar-refractivity contribution in [2.24, 2.45) is 11.7 Å². The second kappa shape index (κ2) is 7.22. The highest BCUT2D eigenvalue weighted by atomic mass is 79.9. The van der Waals surface area contributed by atoms with Crippen LogP contribution in [0.4, 0.5) is 4.39 Å². The Balaban J connectivity index is 1.93. The zero-order chi connectivity index (χ0) is 15.4. The van der Waals surface area contributed by atoms with Gasteiger partial charge in [-0.15, -0.1) is 0 Å². The Morgan fingerprint density at radius 1 is 1.52 bits per heavy atom. The summed E-state index contributed by atoms with van der Waals surface area (Å²) in [5.41, 5.74) is 5.65. The zero-order valence-electron chi connectivity index (χ0n) is 12.0. The second-order valence-electron chi connectivity index (χ2n) is 5.34. The summed E-state index contributed by atoms with van der Waals surface area (Å²) in [6.07, 6.45) is 1.28. The van der Waals surface area contributed by atoms with Crippen molar-refractivity contribution < 1.29 is 13.9 Å². The molecule has 1 saturated heterocycles. The van der Waals surface area contributed by atoms with E-state index < -0.39 is 6.10 Å². The van der Waals surface area contributed by atoms with Crippen LogP contribution < -0.4 is 10.5 Å². The molecule has 0 aromatic heterocycles. The summed E-state index contributed by atoms with van der Waals surface area (Å²) in [5.74, 6) is 0.587. The van der Waals surface area contributed by atoms with Gasteiger partial charge in [-0.05, 0) is 66.4 Å². The second-order valence-corrected chi connectivity index (χ2v) is 6.19. The number of benzene rings is 1. The number of likely N-dealkylation sites (tertiary alicyclic amines) is 1. The summed E-state index contributed by atoms with van der Waals surface area (Å²) in [6, 6.07) is 4.15. The molecule has 4 nitrogen and oxygen atoms in total. The smallest absolute Gasteiger partial charge is 0.263 e. The number of hydrogen-bond acceptors (Lipinski definition) is 3. The molecule has 6 heteroatoms. The summed E-state index contributed by atoms with van der Waals surface area (Å²) >= 11 is 3.23. The number of carbonyl (C=O) groups is 1. The Kier molecular flexibility index (Phi) is 5.58. The molecule has 116 valence electrons. The van der Waals surface area contributed by atoms with E-state index in [-0.39, 0.29) is 11.7 Å². The Labute approximate surface area is 132 Å². The van der Waals surface area contributed by atoms with E-state index in [1.54, 1.807) is 6.92 Å². The van der Waals surface area contributed by atoms with Crippen LogP contribution >= 0.6 is 15.9 Å². The number of nitrogens with zero attached hydrogens (tertiary/aromatic N) is 1. The Bertz CT molecular complexity index is 504. The molecule has 0 spiro atoms. The van der Waals surface area contributed by atoms with E-state index in [9.17, 15) is 9.18 Å². The highest BCUT2D eigenvalue weighted by Gasteiger charge is 2.26. The van der Waals surface area contributed by atoms with Crippen LogP contribution in [0.5, 0.6) is 5.75 Å². The maximum absolute atomic E-state index is 13.0. The van der Waals surface area contributed by atoms with Gasteiger partial charge in [-0.2, -0.15) is 0 Å². The van der Waals surface area contributed by atoms with E-state index in [0.717, 1.165) is 25.9 Å². The molecule has 0 saturated carbocycles. The third-order valence-electron chi connectivity index (χ3n) is 3.80. The maximum atomic E-state index is 13.0. The lowest BCUT2D eigenvalue weighted by Crippen LogP contribution is -2.45. The Hall–Kier alpha value is -1.14. The van der Waals surface area contributed by atoms with Crippen molar-refractivity contribution in [2.45, 2.75) is 25.9 Å². The molecular weight excluding hydrogens is 339 g/mol. The normalized spacial score (nSPS) is 17.6. The third kappa shape index (κ3) is 4.17. The molecule has 2 N–H and O–H groups in total. The average molecular weight is 359 g/mol. The van der Waals surface area contributed by atoms with Crippen molar-refractivity contribution in [3.8, 4) is 5.75 Å². The fourth-order valence-electron chi connectivity index (χ4n) is 2.46. The van der Waals surface area contributed by atoms with E-state index in [1.807, 2.05) is 4.90 Å². The van der Waals surface area contributed by atoms with Gasteiger partial charge in [0.2, 0.25) is 0 Å². The van der Waals surface area contributed by atoms with E-state index in [2.05, 4.69) is 15.9 Å². The Morgan fingerprint density at radius 2 is 2.19 bits per heavy atom. The molecular formula is C15H20BrFN2O2. The molecule has 0 radical (unpaired) electrons. The van der Waals surface area contributed by atoms with Gasteiger partial charge in [0.05, 0.1) is 4.47 Å². The third-order valence-corrected chi connectivity index (χ3v) is 4.42. The van der Waals surface area contributed by atoms with Crippen LogP contribution in [0.1, 0.15) is 19.8 Å². The van der Waals surface area contributed by atoms with Crippen molar-refractivity contribution in [2.75, 3.05) is 19.6 Å². The van der Waals surface area contributed by atoms with E-state index in [4.69, 9.17) is 10.5 Å². The Morgan fingerprint density at radius 3 is 2.76 bits per heavy atom. The van der Waals surface area contributed by atoms with Gasteiger partial charge < -0.3 is 15.4 Å². The first-order valence-electron chi connectivity index (χ1n) is 7.12. The standard InChI is InChI=1S/C15H20BrFN2O2/c1-10(21-14-3-2-12(17)8-13(14)16)15(20)19-6-4-11(9-18)5-7-19/h2-3,8,10-11H,4-7,9,18H2,1H3. The van der Waals surface area contributed by atoms with Crippen LogP contribution in [0, 0.1) is 11.7 Å². The predicted molar refractivity (Wildman–Crippen MR) is 82.5 cm³/mol. The number of nitrogens with two attached hydrogens (primary N) is 1. The fraction of sp³-hybridized carbons (Fsp3) is 0.533. The largest absolute Gasteiger partial charge is 0.480 e. The predicted octanol–water partition coefficient (Wildman–Crippen LogP) is 2.55. The summed E-state index contributed by atoms with van der Waals surface area (Å²) in [4.78, 5) is 14.2. The first kappa shape index (κ1) is 16.2. The molecule has 1 unspecified atom stereocenters. The van der Waals surface area contributed by atoms with Crippen LogP contribution in [0.25, 0.3) is 0 Å². The van der Waals surface area contributed by atoms with Crippen LogP contribution in [0.3, 0.4) is 0 Å². The van der Waals surface area contributed by atoms with E-state index in [1.165, 1.54) is 18.2 Å². The summed E-state index contributed by atoms with van der Waals surface area (Å²) < 4.78 is 19.2. The number of ether oxygens (including phenoxy) is 1. The molecule has 1 aromatic rings. The number of rotatable bonds is 4.